The summed E-state index contributed by atoms with van der Waals surface area (Å²) in [5.74, 6) is -0.489. The molecule has 0 fully saturated rings. The smallest absolute Gasteiger partial charge is 0.251 e. The Kier molecular flexibility index (Phi) is 5.89. The molecule has 1 atom stereocenters. The molecule has 1 aromatic carbocycles. The van der Waals surface area contributed by atoms with Gasteiger partial charge in [-0.25, -0.2) is 9.97 Å². The molecule has 0 aliphatic heterocycles. The molecule has 3 aromatic heterocycles. The SMILES string of the molecule is C[C@H](NC(=O)c1ccc2nc(-n3cccc3)sc2c1)C(=O)NCCCn1ccnc1. The normalized spacial score (nSPS) is 12.0. The van der Waals surface area contributed by atoms with E-state index in [1.807, 2.05) is 52.0 Å². The van der Waals surface area contributed by atoms with Crippen molar-refractivity contribution in [1.82, 2.24) is 29.7 Å². The Morgan fingerprint density at radius 3 is 2.80 bits per heavy atom. The van der Waals surface area contributed by atoms with E-state index in [1.165, 1.54) is 11.3 Å². The first-order valence-corrected chi connectivity index (χ1v) is 10.5. The minimum atomic E-state index is -0.627. The summed E-state index contributed by atoms with van der Waals surface area (Å²) in [6.45, 7) is 2.99. The summed E-state index contributed by atoms with van der Waals surface area (Å²) in [7, 11) is 0. The number of fused-ring (bicyclic) bond motifs is 1. The highest BCUT2D eigenvalue weighted by atomic mass is 32.1. The quantitative estimate of drug-likeness (QED) is 0.427. The lowest BCUT2D eigenvalue weighted by Gasteiger charge is -2.14. The van der Waals surface area contributed by atoms with Gasteiger partial charge < -0.3 is 19.8 Å². The van der Waals surface area contributed by atoms with Gasteiger partial charge in [0.15, 0.2) is 5.13 Å². The van der Waals surface area contributed by atoms with Crippen molar-refractivity contribution in [3.05, 3.63) is 67.0 Å². The number of carbonyl (C=O) groups excluding carboxylic acids is 2. The van der Waals surface area contributed by atoms with Crippen molar-refractivity contribution in [2.24, 2.45) is 0 Å². The number of hydrogen-bond acceptors (Lipinski definition) is 5. The first kappa shape index (κ1) is 19.8. The number of aryl methyl sites for hydroxylation is 1. The topological polar surface area (TPSA) is 93.8 Å². The molecule has 0 aliphatic carbocycles. The predicted molar refractivity (Wildman–Crippen MR) is 116 cm³/mol. The largest absolute Gasteiger partial charge is 0.354 e. The number of hydrogen-bond donors (Lipinski definition) is 2. The van der Waals surface area contributed by atoms with E-state index in [0.717, 1.165) is 28.3 Å². The molecule has 0 saturated carbocycles. The van der Waals surface area contributed by atoms with E-state index in [4.69, 9.17) is 0 Å². The zero-order chi connectivity index (χ0) is 20.9. The van der Waals surface area contributed by atoms with Crippen molar-refractivity contribution in [2.75, 3.05) is 6.54 Å². The van der Waals surface area contributed by atoms with Crippen LogP contribution in [0.25, 0.3) is 15.3 Å². The van der Waals surface area contributed by atoms with Gasteiger partial charge in [0, 0.05) is 43.4 Å². The highest BCUT2D eigenvalue weighted by molar-refractivity contribution is 7.20. The molecular formula is C21H22N6O2S. The Bertz CT molecular complexity index is 1130. The van der Waals surface area contributed by atoms with E-state index in [-0.39, 0.29) is 11.8 Å². The van der Waals surface area contributed by atoms with Crippen LogP contribution in [-0.2, 0) is 11.3 Å². The minimum absolute atomic E-state index is 0.206. The molecule has 0 spiro atoms. The second-order valence-corrected chi connectivity index (χ2v) is 7.92. The van der Waals surface area contributed by atoms with Gasteiger partial charge in [-0.15, -0.1) is 0 Å². The number of aromatic nitrogens is 4. The van der Waals surface area contributed by atoms with Crippen LogP contribution in [0.5, 0.6) is 0 Å². The van der Waals surface area contributed by atoms with Crippen molar-refractivity contribution >= 4 is 33.4 Å². The summed E-state index contributed by atoms with van der Waals surface area (Å²) in [5, 5.41) is 6.46. The zero-order valence-corrected chi connectivity index (χ0v) is 17.3. The second kappa shape index (κ2) is 8.91. The molecule has 0 saturated heterocycles. The summed E-state index contributed by atoms with van der Waals surface area (Å²) < 4.78 is 4.81. The number of imidazole rings is 1. The Labute approximate surface area is 177 Å². The number of benzene rings is 1. The molecule has 30 heavy (non-hydrogen) atoms. The van der Waals surface area contributed by atoms with Gasteiger partial charge in [0.1, 0.15) is 6.04 Å². The molecule has 0 radical (unpaired) electrons. The van der Waals surface area contributed by atoms with Gasteiger partial charge in [-0.2, -0.15) is 0 Å². The fourth-order valence-electron chi connectivity index (χ4n) is 3.02. The van der Waals surface area contributed by atoms with E-state index in [9.17, 15) is 9.59 Å². The van der Waals surface area contributed by atoms with E-state index in [0.29, 0.717) is 12.1 Å². The summed E-state index contributed by atoms with van der Waals surface area (Å²) in [6.07, 6.45) is 10.00. The zero-order valence-electron chi connectivity index (χ0n) is 16.5. The van der Waals surface area contributed by atoms with Crippen LogP contribution in [0.4, 0.5) is 0 Å². The van der Waals surface area contributed by atoms with Crippen molar-refractivity contribution < 1.29 is 9.59 Å². The predicted octanol–water partition coefficient (Wildman–Crippen LogP) is 2.61. The third-order valence-corrected chi connectivity index (χ3v) is 5.69. The van der Waals surface area contributed by atoms with Gasteiger partial charge >= 0.3 is 0 Å². The fourth-order valence-corrected chi connectivity index (χ4v) is 3.99. The molecule has 4 rings (SSSR count). The molecule has 0 unspecified atom stereocenters. The molecule has 8 nitrogen and oxygen atoms in total. The standard InChI is InChI=1S/C21H22N6O2S/c1-15(19(28)23-7-4-9-26-12-8-22-14-26)24-20(29)16-5-6-17-18(13-16)30-21(25-17)27-10-2-3-11-27/h2-3,5-6,8,10-15H,4,7,9H2,1H3,(H,23,28)(H,24,29)/t15-/m0/s1. The summed E-state index contributed by atoms with van der Waals surface area (Å²) >= 11 is 1.51. The molecule has 3 heterocycles. The highest BCUT2D eigenvalue weighted by Gasteiger charge is 2.17. The molecule has 154 valence electrons. The summed E-state index contributed by atoms with van der Waals surface area (Å²) in [6, 6.07) is 8.62. The van der Waals surface area contributed by atoms with Crippen LogP contribution < -0.4 is 10.6 Å². The molecule has 9 heteroatoms. The van der Waals surface area contributed by atoms with Crippen molar-refractivity contribution in [3.8, 4) is 5.13 Å². The first-order valence-electron chi connectivity index (χ1n) is 9.68. The lowest BCUT2D eigenvalue weighted by Crippen LogP contribution is -2.45. The number of nitrogens with zero attached hydrogens (tertiary/aromatic N) is 4. The number of nitrogens with one attached hydrogen (secondary N) is 2. The third kappa shape index (κ3) is 4.57. The first-order chi connectivity index (χ1) is 14.6. The van der Waals surface area contributed by atoms with E-state index >= 15 is 0 Å². The molecule has 2 amide bonds. The lowest BCUT2D eigenvalue weighted by atomic mass is 10.2. The maximum Gasteiger partial charge on any atom is 0.251 e. The van der Waals surface area contributed by atoms with Crippen LogP contribution in [-0.4, -0.2) is 43.5 Å². The fraction of sp³-hybridized carbons (Fsp3) is 0.238. The van der Waals surface area contributed by atoms with Crippen molar-refractivity contribution in [2.45, 2.75) is 25.9 Å². The number of rotatable bonds is 8. The number of amides is 2. The molecule has 2 N–H and O–H groups in total. The molecule has 4 aromatic rings. The average molecular weight is 423 g/mol. The van der Waals surface area contributed by atoms with Gasteiger partial charge in [-0.3, -0.25) is 9.59 Å². The van der Waals surface area contributed by atoms with Gasteiger partial charge in [0.25, 0.3) is 5.91 Å². The molecular weight excluding hydrogens is 400 g/mol. The highest BCUT2D eigenvalue weighted by Crippen LogP contribution is 2.26. The van der Waals surface area contributed by atoms with Crippen LogP contribution >= 0.6 is 11.3 Å². The van der Waals surface area contributed by atoms with E-state index in [2.05, 4.69) is 20.6 Å². The van der Waals surface area contributed by atoms with Gasteiger partial charge in [0.2, 0.25) is 5.91 Å². The van der Waals surface area contributed by atoms with Crippen molar-refractivity contribution in [3.63, 3.8) is 0 Å². The van der Waals surface area contributed by atoms with Gasteiger partial charge in [-0.05, 0) is 43.7 Å². The maximum atomic E-state index is 12.6. The maximum absolute atomic E-state index is 12.6. The van der Waals surface area contributed by atoms with Gasteiger partial charge in [-0.1, -0.05) is 11.3 Å². The monoisotopic (exact) mass is 422 g/mol. The van der Waals surface area contributed by atoms with E-state index in [1.54, 1.807) is 25.5 Å². The Balaban J connectivity index is 1.32. The van der Waals surface area contributed by atoms with Crippen LogP contribution in [0, 0.1) is 0 Å². The van der Waals surface area contributed by atoms with Crippen LogP contribution in [0.1, 0.15) is 23.7 Å². The van der Waals surface area contributed by atoms with Crippen LogP contribution in [0.3, 0.4) is 0 Å². The van der Waals surface area contributed by atoms with E-state index < -0.39 is 6.04 Å². The second-order valence-electron chi connectivity index (χ2n) is 6.91. The summed E-state index contributed by atoms with van der Waals surface area (Å²) in [5.41, 5.74) is 1.34. The van der Waals surface area contributed by atoms with Crippen LogP contribution in [0.2, 0.25) is 0 Å². The lowest BCUT2D eigenvalue weighted by molar-refractivity contribution is -0.122. The van der Waals surface area contributed by atoms with Crippen LogP contribution in [0.15, 0.2) is 61.4 Å². The minimum Gasteiger partial charge on any atom is -0.354 e. The Hall–Kier alpha value is -3.46. The number of thiazole rings is 1. The third-order valence-electron chi connectivity index (χ3n) is 4.66. The average Bonchev–Trinajstić information content (AvgIpc) is 3.51. The Morgan fingerprint density at radius 2 is 2.03 bits per heavy atom. The van der Waals surface area contributed by atoms with Gasteiger partial charge in [0.05, 0.1) is 16.5 Å². The molecule has 0 aliphatic rings. The number of carbonyl (C=O) groups is 2. The molecule has 0 bridgehead atoms. The summed E-state index contributed by atoms with van der Waals surface area (Å²) in [4.78, 5) is 33.4. The Morgan fingerprint density at radius 1 is 1.20 bits per heavy atom. The van der Waals surface area contributed by atoms with Crippen molar-refractivity contribution in [1.29, 1.82) is 0 Å².